The topological polar surface area (TPSA) is 27.7 Å². The Morgan fingerprint density at radius 1 is 1.25 bits per heavy atom. The molecule has 88 valence electrons. The molecule has 1 atom stereocenters. The van der Waals surface area contributed by atoms with Crippen molar-refractivity contribution < 1.29 is 12.0 Å². The predicted octanol–water partition coefficient (Wildman–Crippen LogP) is 2.71. The number of benzene rings is 1. The maximum absolute atomic E-state index is 5.78. The first-order valence-corrected chi connectivity index (χ1v) is 6.63. The second-order valence-electron chi connectivity index (χ2n) is 2.61. The zero-order chi connectivity index (χ0) is 11.8. The highest BCUT2D eigenvalue weighted by atomic mass is 35.5. The Morgan fingerprint density at radius 3 is 2.50 bits per heavy atom. The van der Waals surface area contributed by atoms with Crippen molar-refractivity contribution in [1.29, 1.82) is 0 Å². The first-order valence-electron chi connectivity index (χ1n) is 4.38. The van der Waals surface area contributed by atoms with Gasteiger partial charge in [0.2, 0.25) is 0 Å². The Balaban J connectivity index is 2.53. The van der Waals surface area contributed by atoms with E-state index >= 15 is 0 Å². The first-order chi connectivity index (χ1) is 7.76. The number of halogens is 1. The highest BCUT2D eigenvalue weighted by molar-refractivity contribution is 7.96. The van der Waals surface area contributed by atoms with Crippen LogP contribution in [0.4, 0.5) is 0 Å². The molecule has 1 rings (SSSR count). The van der Waals surface area contributed by atoms with Crippen LogP contribution in [0.2, 0.25) is 5.02 Å². The van der Waals surface area contributed by atoms with Gasteiger partial charge in [-0.3, -0.25) is 0 Å². The molecule has 16 heavy (non-hydrogen) atoms. The van der Waals surface area contributed by atoms with Gasteiger partial charge in [0.1, 0.15) is 3.63 Å². The van der Waals surface area contributed by atoms with Gasteiger partial charge in [-0.1, -0.05) is 23.7 Å². The van der Waals surface area contributed by atoms with Crippen LogP contribution in [0.15, 0.2) is 29.7 Å². The molecule has 0 amide bonds. The van der Waals surface area contributed by atoms with Crippen molar-refractivity contribution in [3.8, 4) is 0 Å². The minimum atomic E-state index is -0.688. The fourth-order valence-electron chi connectivity index (χ4n) is 0.879. The average molecular weight is 281 g/mol. The van der Waals surface area contributed by atoms with E-state index in [1.54, 1.807) is 14.2 Å². The Kier molecular flexibility index (Phi) is 6.95. The molecule has 0 aliphatic heterocycles. The molecule has 0 N–H and O–H groups in total. The second kappa shape index (κ2) is 8.00. The zero-order valence-corrected chi connectivity index (χ0v) is 11.4. The smallest absolute Gasteiger partial charge is 0.142 e. The third-order valence-corrected chi connectivity index (χ3v) is 3.50. The van der Waals surface area contributed by atoms with E-state index in [0.717, 1.165) is 10.6 Å². The van der Waals surface area contributed by atoms with E-state index in [0.29, 0.717) is 12.3 Å². The van der Waals surface area contributed by atoms with Crippen LogP contribution in [0.25, 0.3) is 6.08 Å². The Labute approximate surface area is 108 Å². The van der Waals surface area contributed by atoms with Crippen LogP contribution >= 0.6 is 11.6 Å². The van der Waals surface area contributed by atoms with Gasteiger partial charge in [0.25, 0.3) is 0 Å². The first kappa shape index (κ1) is 13.9. The van der Waals surface area contributed by atoms with Gasteiger partial charge < -0.3 is 0 Å². The predicted molar refractivity (Wildman–Crippen MR) is 71.7 cm³/mol. The van der Waals surface area contributed by atoms with Gasteiger partial charge in [0.15, 0.2) is 5.41 Å². The maximum atomic E-state index is 5.78. The molecule has 0 saturated heterocycles. The third-order valence-electron chi connectivity index (χ3n) is 1.58. The Bertz CT molecular complexity index is 329. The molecule has 0 bridgehead atoms. The summed E-state index contributed by atoms with van der Waals surface area (Å²) >= 11 is 5.53. The fraction of sp³-hybridized carbons (Fsp3) is 0.200. The van der Waals surface area contributed by atoms with Gasteiger partial charge in [-0.25, -0.2) is 0 Å². The second-order valence-corrected chi connectivity index (χ2v) is 5.29. The van der Waals surface area contributed by atoms with Crippen molar-refractivity contribution in [3.63, 3.8) is 0 Å². The summed E-state index contributed by atoms with van der Waals surface area (Å²) in [6.07, 6.45) is 1.91. The van der Waals surface area contributed by atoms with Crippen molar-refractivity contribution in [2.75, 3.05) is 14.2 Å². The van der Waals surface area contributed by atoms with Gasteiger partial charge >= 0.3 is 23.8 Å². The Hall–Kier alpha value is -0.170. The maximum Gasteiger partial charge on any atom is 0.409 e. The normalized spacial score (nSPS) is 13.2. The van der Waals surface area contributed by atoms with Crippen LogP contribution in [-0.4, -0.2) is 14.2 Å². The van der Waals surface area contributed by atoms with Crippen LogP contribution < -0.4 is 0 Å². The van der Waals surface area contributed by atoms with E-state index in [1.807, 2.05) is 35.7 Å². The van der Waals surface area contributed by atoms with Gasteiger partial charge in [0, 0.05) is 5.02 Å². The lowest BCUT2D eigenvalue weighted by atomic mass is 10.2. The molecular weight excluding hydrogens is 268 g/mol. The summed E-state index contributed by atoms with van der Waals surface area (Å²) in [7, 11) is 3.14. The van der Waals surface area contributed by atoms with E-state index in [-0.39, 0.29) is 0 Å². The molecule has 0 aliphatic rings. The molecular formula is C10H13ClO3S2+2. The molecule has 0 spiro atoms. The summed E-state index contributed by atoms with van der Waals surface area (Å²) in [5, 5.41) is 2.55. The monoisotopic (exact) mass is 280 g/mol. The summed E-state index contributed by atoms with van der Waals surface area (Å²) in [5.41, 5.74) is 1.04. The van der Waals surface area contributed by atoms with Gasteiger partial charge in [-0.05, 0) is 23.8 Å². The van der Waals surface area contributed by atoms with Crippen molar-refractivity contribution in [2.45, 2.75) is 0 Å². The van der Waals surface area contributed by atoms with Crippen molar-refractivity contribution in [2.24, 2.45) is 0 Å². The van der Waals surface area contributed by atoms with Gasteiger partial charge in [0.05, 0.1) is 14.2 Å². The minimum absolute atomic E-state index is 0.438. The number of hydrogen-bond acceptors (Lipinski definition) is 3. The molecule has 3 nitrogen and oxygen atoms in total. The number of thiol groups is 1. The van der Waals surface area contributed by atoms with E-state index in [2.05, 4.69) is 0 Å². The number of hydrogen-bond donors (Lipinski definition) is 0. The molecule has 6 heteroatoms. The lowest BCUT2D eigenvalue weighted by Crippen LogP contribution is -2.04. The van der Waals surface area contributed by atoms with Crippen LogP contribution in [0.3, 0.4) is 0 Å². The minimum Gasteiger partial charge on any atom is -0.142 e. The van der Waals surface area contributed by atoms with E-state index in [9.17, 15) is 0 Å². The highest BCUT2D eigenvalue weighted by Gasteiger charge is 2.24. The van der Waals surface area contributed by atoms with Crippen LogP contribution in [0.5, 0.6) is 0 Å². The fourth-order valence-corrected chi connectivity index (χ4v) is 2.31. The molecule has 0 heterocycles. The van der Waals surface area contributed by atoms with Crippen molar-refractivity contribution in [1.82, 2.24) is 0 Å². The van der Waals surface area contributed by atoms with Crippen LogP contribution in [-0.2, 0) is 35.8 Å². The highest BCUT2D eigenvalue weighted by Crippen LogP contribution is 2.12. The molecule has 1 aromatic carbocycles. The molecule has 1 unspecified atom stereocenters. The summed E-state index contributed by atoms with van der Waals surface area (Å²) in [6.45, 7) is 0. The number of rotatable bonds is 6. The van der Waals surface area contributed by atoms with E-state index < -0.39 is 11.5 Å². The van der Waals surface area contributed by atoms with Crippen molar-refractivity contribution >= 4 is 41.5 Å². The molecule has 0 fully saturated rings. The molecule has 1 aromatic rings. The summed E-state index contributed by atoms with van der Waals surface area (Å²) in [5.74, 6) is 0. The summed E-state index contributed by atoms with van der Waals surface area (Å²) in [6, 6.07) is 7.51. The van der Waals surface area contributed by atoms with Crippen molar-refractivity contribution in [3.05, 3.63) is 40.3 Å². The largest absolute Gasteiger partial charge is 0.409 e. The molecule has 0 aliphatic carbocycles. The standard InChI is InChI=1S/C10H12ClO3S2/c1-12-15-14-16(13-2)8-7-9-3-5-10(11)6-4-9/h3-8H,1-2H3/q+1/p+1/b8-7+. The third kappa shape index (κ3) is 5.25. The molecule has 0 saturated carbocycles. The molecule has 0 aromatic heterocycles. The Morgan fingerprint density at radius 2 is 1.94 bits per heavy atom. The quantitative estimate of drug-likeness (QED) is 0.592. The summed E-state index contributed by atoms with van der Waals surface area (Å²) in [4.78, 5) is 0. The lowest BCUT2D eigenvalue weighted by molar-refractivity contribution is 0.402. The zero-order valence-electron chi connectivity index (χ0n) is 8.92. The summed E-state index contributed by atoms with van der Waals surface area (Å²) < 4.78 is 15.1. The van der Waals surface area contributed by atoms with Gasteiger partial charge in [-0.2, -0.15) is 0 Å². The van der Waals surface area contributed by atoms with E-state index in [4.69, 9.17) is 23.6 Å². The van der Waals surface area contributed by atoms with Gasteiger partial charge in [-0.15, -0.1) is 8.37 Å². The SMILES string of the molecule is CO[SH+]O[S+](/C=C/c1ccc(Cl)cc1)OC. The van der Waals surface area contributed by atoms with E-state index in [1.165, 1.54) is 0 Å². The lowest BCUT2D eigenvalue weighted by Gasteiger charge is -1.92. The molecule has 0 radical (unpaired) electrons. The average Bonchev–Trinajstić information content (AvgIpc) is 2.32. The van der Waals surface area contributed by atoms with Crippen LogP contribution in [0.1, 0.15) is 5.56 Å². The van der Waals surface area contributed by atoms with Crippen LogP contribution in [0, 0.1) is 0 Å².